The van der Waals surface area contributed by atoms with E-state index in [4.69, 9.17) is 14.5 Å². The lowest BCUT2D eigenvalue weighted by atomic mass is 9.87. The Balaban J connectivity index is 1.61. The summed E-state index contributed by atoms with van der Waals surface area (Å²) in [6.45, 7) is 10.5. The number of benzene rings is 1. The van der Waals surface area contributed by atoms with Gasteiger partial charge in [-0.05, 0) is 44.7 Å². The van der Waals surface area contributed by atoms with Crippen LogP contribution >= 0.6 is 0 Å². The van der Waals surface area contributed by atoms with Crippen molar-refractivity contribution in [2.75, 3.05) is 46.0 Å². The minimum Gasteiger partial charge on any atom is -0.494 e. The van der Waals surface area contributed by atoms with E-state index >= 15 is 0 Å². The highest BCUT2D eigenvalue weighted by Crippen LogP contribution is 2.38. The molecule has 0 saturated carbocycles. The quantitative estimate of drug-likeness (QED) is 0.636. The molecule has 25 heavy (non-hydrogen) atoms. The summed E-state index contributed by atoms with van der Waals surface area (Å²) < 4.78 is 11.4. The van der Waals surface area contributed by atoms with Gasteiger partial charge in [0.05, 0.1) is 13.2 Å². The fourth-order valence-corrected chi connectivity index (χ4v) is 3.80. The topological polar surface area (TPSA) is 46.1 Å². The van der Waals surface area contributed by atoms with E-state index in [1.807, 2.05) is 19.1 Å². The molecule has 1 aromatic carbocycles. The molecule has 1 N–H and O–H groups in total. The number of guanidine groups is 1. The largest absolute Gasteiger partial charge is 0.494 e. The van der Waals surface area contributed by atoms with Crippen LogP contribution in [0.5, 0.6) is 5.75 Å². The lowest BCUT2D eigenvalue weighted by molar-refractivity contribution is 0.156. The van der Waals surface area contributed by atoms with Crippen molar-refractivity contribution < 1.29 is 9.47 Å². The Morgan fingerprint density at radius 3 is 2.96 bits per heavy atom. The van der Waals surface area contributed by atoms with Crippen molar-refractivity contribution in [1.82, 2.24) is 10.2 Å². The Morgan fingerprint density at radius 1 is 1.32 bits per heavy atom. The molecule has 2 aliphatic heterocycles. The molecular formula is C20H31N3O2. The van der Waals surface area contributed by atoms with Gasteiger partial charge in [0.2, 0.25) is 0 Å². The number of aliphatic imine (C=N–C) groups is 1. The summed E-state index contributed by atoms with van der Waals surface area (Å²) in [5, 5.41) is 3.46. The first-order chi connectivity index (χ1) is 12.3. The van der Waals surface area contributed by atoms with Crippen LogP contribution in [0.2, 0.25) is 0 Å². The van der Waals surface area contributed by atoms with Crippen LogP contribution in [0, 0.1) is 5.41 Å². The molecule has 1 aromatic rings. The van der Waals surface area contributed by atoms with Crippen LogP contribution in [0.15, 0.2) is 29.3 Å². The van der Waals surface area contributed by atoms with Crippen LogP contribution in [0.1, 0.15) is 32.3 Å². The Morgan fingerprint density at radius 2 is 2.20 bits per heavy atom. The zero-order valence-electron chi connectivity index (χ0n) is 15.6. The lowest BCUT2D eigenvalue weighted by Gasteiger charge is -2.25. The normalized spacial score (nSPS) is 23.4. The number of nitrogens with one attached hydrogen (secondary N) is 1. The van der Waals surface area contributed by atoms with Gasteiger partial charge in [0.25, 0.3) is 0 Å². The summed E-state index contributed by atoms with van der Waals surface area (Å²) in [7, 11) is 0. The molecule has 5 heteroatoms. The van der Waals surface area contributed by atoms with Crippen molar-refractivity contribution in [1.29, 1.82) is 0 Å². The summed E-state index contributed by atoms with van der Waals surface area (Å²) in [5.74, 6) is 2.02. The standard InChI is InChI=1S/C20H31N3O2/c1-3-21-19(23-13-10-20(15-23)11-14-24-16-20)22-12-9-17-7-5-6-8-18(17)25-4-2/h5-8H,3-4,9-16H2,1-2H3,(H,21,22). The molecule has 138 valence electrons. The maximum Gasteiger partial charge on any atom is 0.193 e. The van der Waals surface area contributed by atoms with E-state index in [9.17, 15) is 0 Å². The second kappa shape index (κ2) is 8.56. The van der Waals surface area contributed by atoms with Crippen molar-refractivity contribution in [3.8, 4) is 5.75 Å². The molecule has 0 aromatic heterocycles. The Kier molecular flexibility index (Phi) is 6.19. The summed E-state index contributed by atoms with van der Waals surface area (Å²) in [6, 6.07) is 8.26. The summed E-state index contributed by atoms with van der Waals surface area (Å²) in [4.78, 5) is 7.29. The lowest BCUT2D eigenvalue weighted by Crippen LogP contribution is -2.41. The van der Waals surface area contributed by atoms with Crippen molar-refractivity contribution in [2.24, 2.45) is 10.4 Å². The van der Waals surface area contributed by atoms with Crippen molar-refractivity contribution >= 4 is 5.96 Å². The van der Waals surface area contributed by atoms with Gasteiger partial charge in [-0.3, -0.25) is 4.99 Å². The van der Waals surface area contributed by atoms with Gasteiger partial charge in [-0.25, -0.2) is 0 Å². The molecule has 2 saturated heterocycles. The van der Waals surface area contributed by atoms with Gasteiger partial charge in [-0.1, -0.05) is 18.2 Å². The number of ether oxygens (including phenoxy) is 2. The molecule has 0 amide bonds. The predicted octanol–water partition coefficient (Wildman–Crippen LogP) is 2.71. The van der Waals surface area contributed by atoms with Crippen LogP contribution < -0.4 is 10.1 Å². The van der Waals surface area contributed by atoms with Crippen molar-refractivity contribution in [2.45, 2.75) is 33.1 Å². The molecule has 2 heterocycles. The zero-order chi connectivity index (χ0) is 17.5. The van der Waals surface area contributed by atoms with E-state index in [-0.39, 0.29) is 0 Å². The zero-order valence-corrected chi connectivity index (χ0v) is 15.6. The van der Waals surface area contributed by atoms with Gasteiger partial charge in [0.1, 0.15) is 5.75 Å². The fraction of sp³-hybridized carbons (Fsp3) is 0.650. The highest BCUT2D eigenvalue weighted by molar-refractivity contribution is 5.80. The van der Waals surface area contributed by atoms with E-state index in [0.717, 1.165) is 57.5 Å². The number of nitrogens with zero attached hydrogens (tertiary/aromatic N) is 2. The summed E-state index contributed by atoms with van der Waals surface area (Å²) in [5.41, 5.74) is 1.59. The fourth-order valence-electron chi connectivity index (χ4n) is 3.80. The number of likely N-dealkylation sites (tertiary alicyclic amines) is 1. The maximum atomic E-state index is 5.72. The third kappa shape index (κ3) is 4.46. The Hall–Kier alpha value is -1.75. The van der Waals surface area contributed by atoms with Crippen molar-refractivity contribution in [3.63, 3.8) is 0 Å². The van der Waals surface area contributed by atoms with Crippen LogP contribution in [-0.2, 0) is 11.2 Å². The third-order valence-electron chi connectivity index (χ3n) is 5.17. The van der Waals surface area contributed by atoms with Crippen LogP contribution in [0.4, 0.5) is 0 Å². The molecule has 2 aliphatic rings. The summed E-state index contributed by atoms with van der Waals surface area (Å²) >= 11 is 0. The number of rotatable bonds is 6. The first-order valence-electron chi connectivity index (χ1n) is 9.58. The highest BCUT2D eigenvalue weighted by Gasteiger charge is 2.42. The Labute approximate surface area is 151 Å². The highest BCUT2D eigenvalue weighted by atomic mass is 16.5. The number of hydrogen-bond donors (Lipinski definition) is 1. The molecule has 3 rings (SSSR count). The SMILES string of the molecule is CCNC(=NCCc1ccccc1OCC)N1CCC2(CCOC2)C1. The average Bonchev–Trinajstić information content (AvgIpc) is 3.26. The Bertz CT molecular complexity index is 582. The van der Waals surface area contributed by atoms with Crippen LogP contribution in [0.3, 0.4) is 0 Å². The average molecular weight is 345 g/mol. The van der Waals surface area contributed by atoms with Gasteiger partial charge < -0.3 is 19.7 Å². The minimum atomic E-state index is 0.359. The molecule has 0 radical (unpaired) electrons. The molecule has 1 atom stereocenters. The van der Waals surface area contributed by atoms with E-state index in [2.05, 4.69) is 29.3 Å². The van der Waals surface area contributed by atoms with Gasteiger partial charge in [-0.2, -0.15) is 0 Å². The minimum absolute atomic E-state index is 0.359. The van der Waals surface area contributed by atoms with Gasteiger partial charge in [0, 0.05) is 38.2 Å². The van der Waals surface area contributed by atoms with Crippen LogP contribution in [-0.4, -0.2) is 56.9 Å². The van der Waals surface area contributed by atoms with Gasteiger partial charge >= 0.3 is 0 Å². The number of hydrogen-bond acceptors (Lipinski definition) is 3. The molecular weight excluding hydrogens is 314 g/mol. The predicted molar refractivity (Wildman–Crippen MR) is 101 cm³/mol. The molecule has 2 fully saturated rings. The second-order valence-corrected chi connectivity index (χ2v) is 7.00. The van der Waals surface area contributed by atoms with E-state index in [0.29, 0.717) is 12.0 Å². The first kappa shape index (κ1) is 18.1. The van der Waals surface area contributed by atoms with Gasteiger partial charge in [-0.15, -0.1) is 0 Å². The molecule has 0 bridgehead atoms. The monoisotopic (exact) mass is 345 g/mol. The third-order valence-corrected chi connectivity index (χ3v) is 5.17. The van der Waals surface area contributed by atoms with E-state index < -0.39 is 0 Å². The molecule has 0 aliphatic carbocycles. The van der Waals surface area contributed by atoms with E-state index in [1.54, 1.807) is 0 Å². The van der Waals surface area contributed by atoms with Gasteiger partial charge in [0.15, 0.2) is 5.96 Å². The molecule has 1 spiro atoms. The molecule has 5 nitrogen and oxygen atoms in total. The summed E-state index contributed by atoms with van der Waals surface area (Å²) in [6.07, 6.45) is 3.29. The van der Waals surface area contributed by atoms with E-state index in [1.165, 1.54) is 18.4 Å². The molecule has 1 unspecified atom stereocenters. The smallest absolute Gasteiger partial charge is 0.193 e. The second-order valence-electron chi connectivity index (χ2n) is 7.00. The van der Waals surface area contributed by atoms with Crippen LogP contribution in [0.25, 0.3) is 0 Å². The maximum absolute atomic E-state index is 5.72. The number of para-hydroxylation sites is 1. The van der Waals surface area contributed by atoms with Crippen molar-refractivity contribution in [3.05, 3.63) is 29.8 Å². The first-order valence-corrected chi connectivity index (χ1v) is 9.58.